The summed E-state index contributed by atoms with van der Waals surface area (Å²) in [6.07, 6.45) is 4.94. The van der Waals surface area contributed by atoms with E-state index in [0.29, 0.717) is 0 Å². The minimum Gasteiger partial charge on any atom is -0.357 e. The Kier molecular flexibility index (Phi) is 7.79. The van der Waals surface area contributed by atoms with Crippen LogP contribution in [0.1, 0.15) is 23.7 Å². The largest absolute Gasteiger partial charge is 0.357 e. The standard InChI is InChI=1S/C20H28N4S/c1-5-21-20(22-13-12-17-7-6-16(2)23-14-17)24(3)15-18-8-10-19(25-4)11-9-18/h6-11,14H,5,12-13,15H2,1-4H3,(H,21,22). The molecule has 5 heteroatoms. The lowest BCUT2D eigenvalue weighted by Crippen LogP contribution is -2.38. The Labute approximate surface area is 155 Å². The molecule has 0 spiro atoms. The molecule has 0 radical (unpaired) electrons. The van der Waals surface area contributed by atoms with Crippen molar-refractivity contribution < 1.29 is 0 Å². The highest BCUT2D eigenvalue weighted by Gasteiger charge is 2.06. The number of benzene rings is 1. The first-order valence-electron chi connectivity index (χ1n) is 8.66. The van der Waals surface area contributed by atoms with E-state index in [1.807, 2.05) is 13.1 Å². The molecule has 4 nitrogen and oxygen atoms in total. The summed E-state index contributed by atoms with van der Waals surface area (Å²) in [6, 6.07) is 12.9. The van der Waals surface area contributed by atoms with Crippen molar-refractivity contribution in [3.8, 4) is 0 Å². The molecular formula is C20H28N4S. The van der Waals surface area contributed by atoms with Gasteiger partial charge in [-0.15, -0.1) is 11.8 Å². The number of thioether (sulfide) groups is 1. The smallest absolute Gasteiger partial charge is 0.193 e. The van der Waals surface area contributed by atoms with Gasteiger partial charge in [0.25, 0.3) is 0 Å². The number of aryl methyl sites for hydroxylation is 1. The second-order valence-electron chi connectivity index (χ2n) is 6.00. The first-order valence-corrected chi connectivity index (χ1v) is 9.88. The van der Waals surface area contributed by atoms with Crippen LogP contribution in [-0.4, -0.2) is 42.2 Å². The van der Waals surface area contributed by atoms with Gasteiger partial charge in [-0.3, -0.25) is 9.98 Å². The number of guanidine groups is 1. The summed E-state index contributed by atoms with van der Waals surface area (Å²) in [7, 11) is 2.08. The van der Waals surface area contributed by atoms with Crippen molar-refractivity contribution in [2.24, 2.45) is 4.99 Å². The van der Waals surface area contributed by atoms with Gasteiger partial charge in [-0.05, 0) is 55.9 Å². The highest BCUT2D eigenvalue weighted by atomic mass is 32.2. The number of hydrogen-bond acceptors (Lipinski definition) is 3. The van der Waals surface area contributed by atoms with Crippen LogP contribution in [0.4, 0.5) is 0 Å². The maximum absolute atomic E-state index is 4.76. The van der Waals surface area contributed by atoms with Crippen LogP contribution < -0.4 is 5.32 Å². The minimum absolute atomic E-state index is 0.753. The Morgan fingerprint density at radius 1 is 1.16 bits per heavy atom. The summed E-state index contributed by atoms with van der Waals surface area (Å²) in [5.41, 5.74) is 3.56. The van der Waals surface area contributed by atoms with Crippen molar-refractivity contribution >= 4 is 17.7 Å². The van der Waals surface area contributed by atoms with E-state index in [1.54, 1.807) is 11.8 Å². The fraction of sp³-hybridized carbons (Fsp3) is 0.400. The third-order valence-electron chi connectivity index (χ3n) is 3.91. The van der Waals surface area contributed by atoms with Crippen molar-refractivity contribution in [3.63, 3.8) is 0 Å². The quantitative estimate of drug-likeness (QED) is 0.466. The van der Waals surface area contributed by atoms with Crippen LogP contribution >= 0.6 is 11.8 Å². The van der Waals surface area contributed by atoms with Gasteiger partial charge in [0.15, 0.2) is 5.96 Å². The molecule has 1 aromatic carbocycles. The van der Waals surface area contributed by atoms with Gasteiger partial charge in [0.2, 0.25) is 0 Å². The SMILES string of the molecule is CCNC(=NCCc1ccc(C)nc1)N(C)Cc1ccc(SC)cc1. The van der Waals surface area contributed by atoms with Crippen LogP contribution in [0.15, 0.2) is 52.5 Å². The van der Waals surface area contributed by atoms with Crippen LogP contribution in [0.3, 0.4) is 0 Å². The monoisotopic (exact) mass is 356 g/mol. The van der Waals surface area contributed by atoms with Crippen molar-refractivity contribution in [2.75, 3.05) is 26.4 Å². The van der Waals surface area contributed by atoms with Crippen molar-refractivity contribution in [2.45, 2.75) is 31.7 Å². The molecule has 0 aliphatic carbocycles. The van der Waals surface area contributed by atoms with Gasteiger partial charge in [-0.25, -0.2) is 0 Å². The number of nitrogens with one attached hydrogen (secondary N) is 1. The molecule has 134 valence electrons. The van der Waals surface area contributed by atoms with Gasteiger partial charge >= 0.3 is 0 Å². The molecule has 2 rings (SSSR count). The van der Waals surface area contributed by atoms with E-state index >= 15 is 0 Å². The average Bonchev–Trinajstić information content (AvgIpc) is 2.63. The maximum atomic E-state index is 4.76. The highest BCUT2D eigenvalue weighted by molar-refractivity contribution is 7.98. The lowest BCUT2D eigenvalue weighted by molar-refractivity contribution is 0.477. The van der Waals surface area contributed by atoms with E-state index in [-0.39, 0.29) is 0 Å². The first-order chi connectivity index (χ1) is 12.1. The number of nitrogens with zero attached hydrogens (tertiary/aromatic N) is 3. The van der Waals surface area contributed by atoms with Crippen LogP contribution in [0.2, 0.25) is 0 Å². The van der Waals surface area contributed by atoms with Crippen molar-refractivity contribution in [1.82, 2.24) is 15.2 Å². The topological polar surface area (TPSA) is 40.5 Å². The second-order valence-corrected chi connectivity index (χ2v) is 6.88. The van der Waals surface area contributed by atoms with E-state index in [0.717, 1.165) is 37.7 Å². The number of hydrogen-bond donors (Lipinski definition) is 1. The molecule has 0 fully saturated rings. The zero-order valence-corrected chi connectivity index (χ0v) is 16.4. The highest BCUT2D eigenvalue weighted by Crippen LogP contribution is 2.15. The van der Waals surface area contributed by atoms with Crippen molar-refractivity contribution in [1.29, 1.82) is 0 Å². The molecule has 0 unspecified atom stereocenters. The molecule has 0 aliphatic rings. The molecule has 1 N–H and O–H groups in total. The average molecular weight is 357 g/mol. The maximum Gasteiger partial charge on any atom is 0.193 e. The number of rotatable bonds is 7. The van der Waals surface area contributed by atoms with E-state index in [2.05, 4.69) is 71.8 Å². The summed E-state index contributed by atoms with van der Waals surface area (Å²) < 4.78 is 0. The zero-order chi connectivity index (χ0) is 18.1. The molecule has 25 heavy (non-hydrogen) atoms. The van der Waals surface area contributed by atoms with Gasteiger partial charge < -0.3 is 10.2 Å². The molecule has 0 saturated carbocycles. The Bertz CT molecular complexity index is 665. The lowest BCUT2D eigenvalue weighted by atomic mass is 10.2. The predicted molar refractivity (Wildman–Crippen MR) is 108 cm³/mol. The third-order valence-corrected chi connectivity index (χ3v) is 4.65. The van der Waals surface area contributed by atoms with Gasteiger partial charge in [0.05, 0.1) is 0 Å². The molecule has 0 amide bonds. The molecule has 0 bridgehead atoms. The predicted octanol–water partition coefficient (Wildman–Crippen LogP) is 3.75. The van der Waals surface area contributed by atoms with E-state index < -0.39 is 0 Å². The van der Waals surface area contributed by atoms with Crippen LogP contribution in [0.25, 0.3) is 0 Å². The van der Waals surface area contributed by atoms with Crippen molar-refractivity contribution in [3.05, 3.63) is 59.4 Å². The molecule has 0 aliphatic heterocycles. The molecule has 0 saturated heterocycles. The normalized spacial score (nSPS) is 11.4. The number of pyridine rings is 1. The molecule has 2 aromatic rings. The summed E-state index contributed by atoms with van der Waals surface area (Å²) >= 11 is 1.77. The molecular weight excluding hydrogens is 328 g/mol. The van der Waals surface area contributed by atoms with Crippen LogP contribution in [-0.2, 0) is 13.0 Å². The Balaban J connectivity index is 1.95. The molecule has 0 atom stereocenters. The molecule has 1 aromatic heterocycles. The summed E-state index contributed by atoms with van der Waals surface area (Å²) in [4.78, 5) is 12.6. The first kappa shape index (κ1) is 19.3. The fourth-order valence-electron chi connectivity index (χ4n) is 2.49. The summed E-state index contributed by atoms with van der Waals surface area (Å²) in [5.74, 6) is 0.941. The van der Waals surface area contributed by atoms with Gasteiger partial charge in [-0.1, -0.05) is 18.2 Å². The number of aromatic nitrogens is 1. The molecule has 1 heterocycles. The van der Waals surface area contributed by atoms with Crippen LogP contribution in [0, 0.1) is 6.92 Å². The van der Waals surface area contributed by atoms with Gasteiger partial charge in [-0.2, -0.15) is 0 Å². The summed E-state index contributed by atoms with van der Waals surface area (Å²) in [6.45, 7) is 6.56. The van der Waals surface area contributed by atoms with E-state index in [9.17, 15) is 0 Å². The van der Waals surface area contributed by atoms with Gasteiger partial charge in [0.1, 0.15) is 0 Å². The second kappa shape index (κ2) is 10.1. The Hall–Kier alpha value is -2.01. The zero-order valence-electron chi connectivity index (χ0n) is 15.6. The minimum atomic E-state index is 0.753. The fourth-order valence-corrected chi connectivity index (χ4v) is 2.89. The number of aliphatic imine (C=N–C) groups is 1. The van der Waals surface area contributed by atoms with E-state index in [1.165, 1.54) is 16.0 Å². The third kappa shape index (κ3) is 6.42. The van der Waals surface area contributed by atoms with E-state index in [4.69, 9.17) is 4.99 Å². The van der Waals surface area contributed by atoms with Crippen LogP contribution in [0.5, 0.6) is 0 Å². The Morgan fingerprint density at radius 2 is 1.88 bits per heavy atom. The lowest BCUT2D eigenvalue weighted by Gasteiger charge is -2.22. The Morgan fingerprint density at radius 3 is 2.48 bits per heavy atom. The summed E-state index contributed by atoms with van der Waals surface area (Å²) in [5, 5.41) is 3.38. The van der Waals surface area contributed by atoms with Gasteiger partial charge in [0, 0.05) is 43.5 Å².